The van der Waals surface area contributed by atoms with Gasteiger partial charge < -0.3 is 24.5 Å². The van der Waals surface area contributed by atoms with Gasteiger partial charge in [-0.15, -0.1) is 0 Å². The molecule has 1 unspecified atom stereocenters. The smallest absolute Gasteiger partial charge is 0.0917 e. The van der Waals surface area contributed by atoms with Crippen LogP contribution >= 0.6 is 6.12 Å². The molecule has 0 aromatic heterocycles. The Morgan fingerprint density at radius 1 is 1.07 bits per heavy atom. The van der Waals surface area contributed by atoms with Gasteiger partial charge in [-0.05, 0) is 11.8 Å². The molecule has 86 valence electrons. The van der Waals surface area contributed by atoms with Crippen molar-refractivity contribution in [3.05, 3.63) is 0 Å². The summed E-state index contributed by atoms with van der Waals surface area (Å²) in [6.07, 6.45) is -1.32. The third-order valence-electron chi connectivity index (χ3n) is 1.78. The quantitative estimate of drug-likeness (QED) is 0.512. The third kappa shape index (κ3) is 8.37. The van der Waals surface area contributed by atoms with E-state index in [1.54, 1.807) is 0 Å². The van der Waals surface area contributed by atoms with Crippen molar-refractivity contribution < 1.29 is 9.05 Å². The Kier molecular flexibility index (Phi) is 7.89. The predicted molar refractivity (Wildman–Crippen MR) is 67.8 cm³/mol. The van der Waals surface area contributed by atoms with Gasteiger partial charge >= 0.3 is 0 Å². The van der Waals surface area contributed by atoms with Gasteiger partial charge in [0.1, 0.15) is 0 Å². The van der Waals surface area contributed by atoms with E-state index in [9.17, 15) is 0 Å². The van der Waals surface area contributed by atoms with Crippen LogP contribution in [0.1, 0.15) is 34.1 Å². The molecule has 0 amide bonds. The van der Waals surface area contributed by atoms with Crippen molar-refractivity contribution in [2.45, 2.75) is 34.1 Å². The highest BCUT2D eigenvalue weighted by molar-refractivity contribution is 8.69. The molecule has 0 fully saturated rings. The van der Waals surface area contributed by atoms with Crippen LogP contribution in [0, 0.1) is 11.8 Å². The average molecular weight is 255 g/mol. The zero-order valence-corrected chi connectivity index (χ0v) is 11.9. The lowest BCUT2D eigenvalue weighted by Gasteiger charge is -2.35. The molecule has 2 nitrogen and oxygen atoms in total. The van der Waals surface area contributed by atoms with Gasteiger partial charge in [0, 0.05) is 6.12 Å². The van der Waals surface area contributed by atoms with E-state index in [0.717, 1.165) is 6.42 Å². The lowest BCUT2D eigenvalue weighted by Crippen LogP contribution is -2.08. The molecule has 0 N–H and O–H groups in total. The van der Waals surface area contributed by atoms with Crippen molar-refractivity contribution in [3.63, 3.8) is 0 Å². The van der Waals surface area contributed by atoms with Crippen molar-refractivity contribution in [1.29, 1.82) is 0 Å². The van der Waals surface area contributed by atoms with Gasteiger partial charge in [-0.3, -0.25) is 9.05 Å². The monoisotopic (exact) mass is 255 g/mol. The Hall–Kier alpha value is 1.05. The molecule has 0 aromatic rings. The lowest BCUT2D eigenvalue weighted by atomic mass is 10.1. The topological polar surface area (TPSA) is 18.5 Å². The fraction of sp³-hybridized carbons (Fsp3) is 1.00. The van der Waals surface area contributed by atoms with Crippen LogP contribution in [-0.2, 0) is 33.5 Å². The normalized spacial score (nSPS) is 14.8. The second kappa shape index (κ2) is 7.34. The standard InChI is InChI=1S/C9H21O2PS2/c1-5-9(4)7-11-12(13,14)10-6-8(2)3/h8-9H,5-7H2,1-4H3,(H,13,14)/p-1. The van der Waals surface area contributed by atoms with Crippen molar-refractivity contribution in [2.24, 2.45) is 11.8 Å². The summed E-state index contributed by atoms with van der Waals surface area (Å²) in [6.45, 7) is 9.60. The number of rotatable bonds is 7. The largest absolute Gasteiger partial charge is 0.516 e. The molecular weight excluding hydrogens is 235 g/mol. The predicted octanol–water partition coefficient (Wildman–Crippen LogP) is 3.49. The van der Waals surface area contributed by atoms with Gasteiger partial charge in [-0.1, -0.05) is 34.1 Å². The summed E-state index contributed by atoms with van der Waals surface area (Å²) in [5.74, 6) is 0.954. The molecule has 5 heteroatoms. The van der Waals surface area contributed by atoms with Crippen LogP contribution < -0.4 is 0 Å². The van der Waals surface area contributed by atoms with Gasteiger partial charge in [-0.25, -0.2) is 0 Å². The molecule has 0 radical (unpaired) electrons. The molecule has 0 bridgehead atoms. The number of hydrogen-bond donors (Lipinski definition) is 0. The van der Waals surface area contributed by atoms with Crippen LogP contribution in [0.4, 0.5) is 0 Å². The van der Waals surface area contributed by atoms with Crippen LogP contribution in [0.15, 0.2) is 0 Å². The Bertz CT molecular complexity index is 154. The van der Waals surface area contributed by atoms with Crippen molar-refractivity contribution in [1.82, 2.24) is 0 Å². The first kappa shape index (κ1) is 15.0. The second-order valence-electron chi connectivity index (χ2n) is 3.95. The highest BCUT2D eigenvalue weighted by atomic mass is 33.1. The minimum atomic E-state index is -2.40. The van der Waals surface area contributed by atoms with E-state index < -0.39 is 6.12 Å². The van der Waals surface area contributed by atoms with E-state index in [1.165, 1.54) is 0 Å². The Labute approximate surface area is 99.0 Å². The zero-order chi connectivity index (χ0) is 11.2. The molecule has 0 rings (SSSR count). The van der Waals surface area contributed by atoms with Gasteiger partial charge in [0.05, 0.1) is 13.2 Å². The lowest BCUT2D eigenvalue weighted by molar-refractivity contribution is 0.210. The Balaban J connectivity index is 3.71. The van der Waals surface area contributed by atoms with E-state index in [1.807, 2.05) is 0 Å². The van der Waals surface area contributed by atoms with Crippen molar-refractivity contribution in [2.75, 3.05) is 13.2 Å². The van der Waals surface area contributed by atoms with Crippen LogP contribution in [0.25, 0.3) is 0 Å². The van der Waals surface area contributed by atoms with Crippen molar-refractivity contribution in [3.8, 4) is 0 Å². The van der Waals surface area contributed by atoms with Crippen LogP contribution in [0.2, 0.25) is 0 Å². The van der Waals surface area contributed by atoms with Gasteiger partial charge in [0.2, 0.25) is 0 Å². The van der Waals surface area contributed by atoms with E-state index in [0.29, 0.717) is 25.0 Å². The molecule has 0 aliphatic carbocycles. The third-order valence-corrected chi connectivity index (χ3v) is 3.98. The molecule has 14 heavy (non-hydrogen) atoms. The maximum absolute atomic E-state index is 5.45. The summed E-state index contributed by atoms with van der Waals surface area (Å²) >= 11 is 10.2. The maximum atomic E-state index is 5.45. The minimum absolute atomic E-state index is 0.451. The van der Waals surface area contributed by atoms with E-state index in [2.05, 4.69) is 27.7 Å². The van der Waals surface area contributed by atoms with Crippen molar-refractivity contribution >= 4 is 30.6 Å². The zero-order valence-electron chi connectivity index (χ0n) is 9.36. The Morgan fingerprint density at radius 3 is 2.00 bits per heavy atom. The van der Waals surface area contributed by atoms with Gasteiger partial charge in [-0.2, -0.15) is 0 Å². The summed E-state index contributed by atoms with van der Waals surface area (Å²) in [5, 5.41) is 0. The fourth-order valence-electron chi connectivity index (χ4n) is 0.614. The molecule has 0 aliphatic heterocycles. The highest BCUT2D eigenvalue weighted by Gasteiger charge is 2.13. The molecule has 0 aromatic carbocycles. The van der Waals surface area contributed by atoms with E-state index in [4.69, 9.17) is 33.5 Å². The summed E-state index contributed by atoms with van der Waals surface area (Å²) in [6, 6.07) is 0. The van der Waals surface area contributed by atoms with Crippen LogP contribution in [0.3, 0.4) is 0 Å². The maximum Gasteiger partial charge on any atom is 0.0917 e. The van der Waals surface area contributed by atoms with Crippen LogP contribution in [-0.4, -0.2) is 13.2 Å². The molecule has 0 saturated carbocycles. The SMILES string of the molecule is CCC(C)CO[P+]([S-])([S-])OCC(C)C. The Morgan fingerprint density at radius 2 is 1.57 bits per heavy atom. The molecule has 1 atom stereocenters. The van der Waals surface area contributed by atoms with Crippen LogP contribution in [0.5, 0.6) is 0 Å². The highest BCUT2D eigenvalue weighted by Crippen LogP contribution is 2.57. The summed E-state index contributed by atoms with van der Waals surface area (Å²) in [7, 11) is 0. The first-order valence-corrected chi connectivity index (χ1v) is 8.62. The number of hydrogen-bond acceptors (Lipinski definition) is 4. The molecular formula is C9H20O2PS2-. The van der Waals surface area contributed by atoms with Gasteiger partial charge in [0.15, 0.2) is 0 Å². The first-order chi connectivity index (χ1) is 6.37. The molecule has 0 saturated heterocycles. The summed E-state index contributed by atoms with van der Waals surface area (Å²) < 4.78 is 10.9. The van der Waals surface area contributed by atoms with E-state index in [-0.39, 0.29) is 0 Å². The summed E-state index contributed by atoms with van der Waals surface area (Å²) in [4.78, 5) is 0. The average Bonchev–Trinajstić information content (AvgIpc) is 2.11. The second-order valence-corrected chi connectivity index (χ2v) is 8.93. The molecule has 0 heterocycles. The fourth-order valence-corrected chi connectivity index (χ4v) is 2.34. The molecule has 0 spiro atoms. The first-order valence-electron chi connectivity index (χ1n) is 4.97. The minimum Gasteiger partial charge on any atom is -0.516 e. The van der Waals surface area contributed by atoms with E-state index >= 15 is 0 Å². The molecule has 0 aliphatic rings. The van der Waals surface area contributed by atoms with Gasteiger partial charge in [0.25, 0.3) is 0 Å². The summed E-state index contributed by atoms with van der Waals surface area (Å²) in [5.41, 5.74) is 0.